The molecule has 0 saturated heterocycles. The maximum absolute atomic E-state index is 2.55. The highest BCUT2D eigenvalue weighted by molar-refractivity contribution is 5.97. The average molecular weight is 904 g/mol. The van der Waals surface area contributed by atoms with Gasteiger partial charge in [-0.2, -0.15) is 0 Å². The Hall–Kier alpha value is -7.22. The highest BCUT2D eigenvalue weighted by atomic mass is 15.1. The van der Waals surface area contributed by atoms with Crippen molar-refractivity contribution in [1.82, 2.24) is 0 Å². The van der Waals surface area contributed by atoms with E-state index in [2.05, 4.69) is 262 Å². The summed E-state index contributed by atoms with van der Waals surface area (Å²) in [5.41, 5.74) is 29.7. The number of fused-ring (bicyclic) bond motifs is 16. The lowest BCUT2D eigenvalue weighted by Gasteiger charge is -2.33. The molecule has 1 spiro atoms. The van der Waals surface area contributed by atoms with Crippen molar-refractivity contribution < 1.29 is 0 Å². The number of rotatable bonds is 4. The molecule has 0 aromatic heterocycles. The lowest BCUT2D eigenvalue weighted by molar-refractivity contribution is 0.589. The zero-order valence-electron chi connectivity index (χ0n) is 42.3. The Morgan fingerprint density at radius 1 is 0.300 bits per heavy atom. The van der Waals surface area contributed by atoms with Gasteiger partial charge in [0.15, 0.2) is 0 Å². The maximum Gasteiger partial charge on any atom is 0.0726 e. The fraction of sp³-hybridized carbons (Fsp3) is 0.217. The zero-order chi connectivity index (χ0) is 48.3. The molecule has 13 rings (SSSR count). The van der Waals surface area contributed by atoms with E-state index in [1.165, 1.54) is 111 Å². The summed E-state index contributed by atoms with van der Waals surface area (Å²) in [7, 11) is 0. The van der Waals surface area contributed by atoms with Crippen LogP contribution in [-0.4, -0.2) is 0 Å². The fourth-order valence-electron chi connectivity index (χ4n) is 13.4. The van der Waals surface area contributed by atoms with Crippen LogP contribution in [0.2, 0.25) is 0 Å². The normalized spacial score (nSPS) is 15.6. The SMILES string of the molecule is CC(C)(C)c1ccc2c(c1)-c1cc(C(C)(C)C)ccc1C21c2ccccc2-c2ccc(N(c3ccc(-c4cccc5c4C(C)(C)c4ccccc4-5)cc3)c3ccc4c(c3)C(C)(C)c3ccccc3-4)cc21. The van der Waals surface area contributed by atoms with Gasteiger partial charge in [0.05, 0.1) is 5.41 Å². The number of benzene rings is 9. The summed E-state index contributed by atoms with van der Waals surface area (Å²) in [6.07, 6.45) is 0. The quantitative estimate of drug-likeness (QED) is 0.170. The van der Waals surface area contributed by atoms with Crippen molar-refractivity contribution in [2.45, 2.75) is 96.3 Å². The molecule has 0 aliphatic heterocycles. The van der Waals surface area contributed by atoms with Crippen molar-refractivity contribution in [2.75, 3.05) is 4.90 Å². The van der Waals surface area contributed by atoms with Gasteiger partial charge in [-0.1, -0.05) is 221 Å². The first-order valence-electron chi connectivity index (χ1n) is 25.4. The Labute approximate surface area is 415 Å². The molecule has 0 amide bonds. The molecule has 9 aromatic carbocycles. The monoisotopic (exact) mass is 903 g/mol. The first kappa shape index (κ1) is 42.8. The van der Waals surface area contributed by atoms with E-state index < -0.39 is 5.41 Å². The van der Waals surface area contributed by atoms with Gasteiger partial charge in [-0.15, -0.1) is 0 Å². The van der Waals surface area contributed by atoms with Gasteiger partial charge in [0.1, 0.15) is 0 Å². The molecule has 4 aliphatic rings. The van der Waals surface area contributed by atoms with Crippen molar-refractivity contribution in [3.8, 4) is 55.6 Å². The van der Waals surface area contributed by atoms with E-state index in [4.69, 9.17) is 0 Å². The van der Waals surface area contributed by atoms with E-state index in [1.807, 2.05) is 0 Å². The minimum atomic E-state index is -0.491. The average Bonchev–Trinajstić information content (AvgIpc) is 3.98. The van der Waals surface area contributed by atoms with Gasteiger partial charge in [-0.25, -0.2) is 0 Å². The highest BCUT2D eigenvalue weighted by Gasteiger charge is 2.52. The minimum Gasteiger partial charge on any atom is -0.310 e. The van der Waals surface area contributed by atoms with Crippen LogP contribution in [0.1, 0.15) is 125 Å². The molecule has 0 unspecified atom stereocenters. The summed E-state index contributed by atoms with van der Waals surface area (Å²) in [6, 6.07) is 72.8. The molecule has 0 saturated carbocycles. The van der Waals surface area contributed by atoms with E-state index in [0.717, 1.165) is 17.1 Å². The smallest absolute Gasteiger partial charge is 0.0726 e. The van der Waals surface area contributed by atoms with Gasteiger partial charge in [-0.05, 0) is 158 Å². The second kappa shape index (κ2) is 14.4. The van der Waals surface area contributed by atoms with E-state index in [9.17, 15) is 0 Å². The van der Waals surface area contributed by atoms with Crippen LogP contribution in [0.15, 0.2) is 188 Å². The summed E-state index contributed by atoms with van der Waals surface area (Å²) in [5, 5.41) is 0. The second-order valence-electron chi connectivity index (χ2n) is 23.7. The van der Waals surface area contributed by atoms with Crippen molar-refractivity contribution in [3.05, 3.63) is 244 Å². The molecule has 0 heterocycles. The van der Waals surface area contributed by atoms with E-state index in [-0.39, 0.29) is 21.7 Å². The molecular weight excluding hydrogens is 843 g/mol. The molecule has 0 radical (unpaired) electrons. The summed E-state index contributed by atoms with van der Waals surface area (Å²) >= 11 is 0. The van der Waals surface area contributed by atoms with E-state index in [1.54, 1.807) is 0 Å². The van der Waals surface area contributed by atoms with Crippen LogP contribution >= 0.6 is 0 Å². The third kappa shape index (κ3) is 5.78. The molecule has 342 valence electrons. The van der Waals surface area contributed by atoms with Gasteiger partial charge in [0, 0.05) is 27.9 Å². The summed E-state index contributed by atoms with van der Waals surface area (Å²) < 4.78 is 0. The van der Waals surface area contributed by atoms with Crippen LogP contribution in [0.5, 0.6) is 0 Å². The van der Waals surface area contributed by atoms with Gasteiger partial charge >= 0.3 is 0 Å². The third-order valence-electron chi connectivity index (χ3n) is 17.0. The third-order valence-corrected chi connectivity index (χ3v) is 17.0. The number of nitrogens with zero attached hydrogens (tertiary/aromatic N) is 1. The van der Waals surface area contributed by atoms with Crippen molar-refractivity contribution in [2.24, 2.45) is 0 Å². The predicted molar refractivity (Wildman–Crippen MR) is 295 cm³/mol. The standard InChI is InChI=1S/C69H61N/c1-65(2,3)43-28-36-60-55(38-43)56-39-44(66(4,5)6)29-37-61(56)69(60)59-25-16-13-19-50(59)53-35-33-47(41-63(53)69)70(46-32-34-52-49-18-11-14-23-57(49)67(7,8)62(52)40-46)45-30-26-42(27-31-45)48-21-17-22-54-51-20-12-15-24-58(51)68(9,10)64(48)54/h11-41H,1-10H3. The van der Waals surface area contributed by atoms with Crippen molar-refractivity contribution >= 4 is 17.1 Å². The Morgan fingerprint density at radius 2 is 0.714 bits per heavy atom. The highest BCUT2D eigenvalue weighted by Crippen LogP contribution is 2.64. The molecule has 9 aromatic rings. The summed E-state index contributed by atoms with van der Waals surface area (Å²) in [6.45, 7) is 23.6. The Kier molecular flexibility index (Phi) is 8.83. The predicted octanol–water partition coefficient (Wildman–Crippen LogP) is 18.4. The molecule has 70 heavy (non-hydrogen) atoms. The Bertz CT molecular complexity index is 3610. The zero-order valence-corrected chi connectivity index (χ0v) is 42.3. The van der Waals surface area contributed by atoms with Gasteiger partial charge in [0.2, 0.25) is 0 Å². The summed E-state index contributed by atoms with van der Waals surface area (Å²) in [5.74, 6) is 0. The van der Waals surface area contributed by atoms with Crippen LogP contribution in [0.3, 0.4) is 0 Å². The molecule has 0 bridgehead atoms. The minimum absolute atomic E-state index is 0.00878. The topological polar surface area (TPSA) is 3.24 Å². The van der Waals surface area contributed by atoms with Crippen molar-refractivity contribution in [1.29, 1.82) is 0 Å². The summed E-state index contributed by atoms with van der Waals surface area (Å²) in [4.78, 5) is 2.53. The maximum atomic E-state index is 2.55. The lowest BCUT2D eigenvalue weighted by Crippen LogP contribution is -2.26. The first-order chi connectivity index (χ1) is 33.5. The van der Waals surface area contributed by atoms with Crippen LogP contribution in [-0.2, 0) is 27.1 Å². The van der Waals surface area contributed by atoms with Crippen LogP contribution in [0.25, 0.3) is 55.6 Å². The van der Waals surface area contributed by atoms with E-state index >= 15 is 0 Å². The molecule has 4 aliphatic carbocycles. The Balaban J connectivity index is 1.03. The van der Waals surface area contributed by atoms with Crippen molar-refractivity contribution in [3.63, 3.8) is 0 Å². The van der Waals surface area contributed by atoms with Gasteiger partial charge in [0.25, 0.3) is 0 Å². The van der Waals surface area contributed by atoms with Gasteiger partial charge < -0.3 is 4.90 Å². The Morgan fingerprint density at radius 3 is 1.29 bits per heavy atom. The largest absolute Gasteiger partial charge is 0.310 e. The first-order valence-corrected chi connectivity index (χ1v) is 25.4. The number of anilines is 3. The van der Waals surface area contributed by atoms with E-state index in [0.29, 0.717) is 0 Å². The van der Waals surface area contributed by atoms with Crippen LogP contribution in [0.4, 0.5) is 17.1 Å². The van der Waals surface area contributed by atoms with Crippen LogP contribution in [0, 0.1) is 0 Å². The molecule has 1 nitrogen and oxygen atoms in total. The molecule has 0 N–H and O–H groups in total. The molecule has 1 heteroatoms. The second-order valence-corrected chi connectivity index (χ2v) is 23.7. The van der Waals surface area contributed by atoms with Crippen LogP contribution < -0.4 is 4.90 Å². The number of hydrogen-bond donors (Lipinski definition) is 0. The molecular formula is C69H61N. The van der Waals surface area contributed by atoms with Gasteiger partial charge in [-0.3, -0.25) is 0 Å². The lowest BCUT2D eigenvalue weighted by atomic mass is 9.70. The fourth-order valence-corrected chi connectivity index (χ4v) is 13.4. The number of hydrogen-bond acceptors (Lipinski definition) is 1. The molecule has 0 atom stereocenters. The molecule has 0 fully saturated rings.